The molecule has 9 N–H and O–H groups in total. The van der Waals surface area contributed by atoms with Crippen molar-refractivity contribution in [2.75, 3.05) is 81.6 Å². The number of nitrogens with zero attached hydrogens (tertiary/aromatic N) is 4. The molecule has 1 amide bonds. The van der Waals surface area contributed by atoms with Crippen LogP contribution >= 0.6 is 139 Å². The molecule has 0 spiro atoms. The third kappa shape index (κ3) is 32.4. The zero-order valence-corrected chi connectivity index (χ0v) is 81.5. The Balaban J connectivity index is 0.000000246. The molecule has 10 aromatic carbocycles. The van der Waals surface area contributed by atoms with Gasteiger partial charge in [-0.3, -0.25) is 4.79 Å². The van der Waals surface area contributed by atoms with E-state index in [-0.39, 0.29) is 48.8 Å². The largest absolute Gasteiger partial charge is 1.00 e. The maximum absolute atomic E-state index is 12.6. The van der Waals surface area contributed by atoms with Crippen molar-refractivity contribution in [2.45, 2.75) is 26.2 Å². The summed E-state index contributed by atoms with van der Waals surface area (Å²) in [6.07, 6.45) is 5.47. The molecule has 15 rings (SSSR count). The van der Waals surface area contributed by atoms with E-state index in [2.05, 4.69) is 206 Å². The predicted octanol–water partition coefficient (Wildman–Crippen LogP) is 19.5. The number of hydrogen-bond acceptors (Lipinski definition) is 16. The van der Waals surface area contributed by atoms with E-state index < -0.39 is 7.12 Å². The van der Waals surface area contributed by atoms with Crippen LogP contribution in [-0.2, 0) is 35.7 Å². The Hall–Kier alpha value is -7.95. The van der Waals surface area contributed by atoms with Gasteiger partial charge in [0.05, 0.1) is 48.2 Å². The van der Waals surface area contributed by atoms with Gasteiger partial charge in [0.2, 0.25) is 0 Å². The van der Waals surface area contributed by atoms with Gasteiger partial charge in [0, 0.05) is 147 Å². The zero-order chi connectivity index (χ0) is 85.5. The topological polar surface area (TPSA) is 265 Å². The number of aromatic nitrogens is 4. The van der Waals surface area contributed by atoms with Gasteiger partial charge in [0.25, 0.3) is 5.91 Å². The number of nitrogens with two attached hydrogens (primary N) is 2. The van der Waals surface area contributed by atoms with Crippen LogP contribution < -0.4 is 76.1 Å². The van der Waals surface area contributed by atoms with Crippen molar-refractivity contribution in [3.05, 3.63) is 323 Å². The molecular formula is C88H88BBr8ClN9NaO11. The summed E-state index contributed by atoms with van der Waals surface area (Å²) in [7, 11) is 7.74. The van der Waals surface area contributed by atoms with Gasteiger partial charge in [-0.05, 0) is 212 Å². The summed E-state index contributed by atoms with van der Waals surface area (Å²) in [6, 6.07) is 79.7. The van der Waals surface area contributed by atoms with Crippen LogP contribution in [0.15, 0.2) is 290 Å². The molecule has 0 atom stereocenters. The number of esters is 2. The number of hydrogen-bond donors (Lipinski definition) is 7. The number of alkyl halides is 3. The minimum atomic E-state index is -1.47. The Labute approximate surface area is 789 Å². The van der Waals surface area contributed by atoms with E-state index in [4.69, 9.17) is 42.0 Å². The summed E-state index contributed by atoms with van der Waals surface area (Å²) in [5, 5.41) is 34.4. The van der Waals surface area contributed by atoms with Crippen molar-refractivity contribution < 1.29 is 83.8 Å². The summed E-state index contributed by atoms with van der Waals surface area (Å²) in [6.45, 7) is 3.23. The third-order valence-corrected chi connectivity index (χ3v) is 21.9. The number of pyridine rings is 1. The molecule has 0 saturated carbocycles. The number of fused-ring (bicyclic) bond motifs is 4. The number of H-pyrrole nitrogens is 1. The summed E-state index contributed by atoms with van der Waals surface area (Å²) in [5.74, 6) is 2.39. The van der Waals surface area contributed by atoms with Crippen LogP contribution in [-0.4, -0.2) is 124 Å². The van der Waals surface area contributed by atoms with Gasteiger partial charge in [-0.25, -0.2) is 14.6 Å². The van der Waals surface area contributed by atoms with E-state index in [1.807, 2.05) is 202 Å². The number of ether oxygens (including phenoxy) is 6. The van der Waals surface area contributed by atoms with E-state index in [9.17, 15) is 24.4 Å². The van der Waals surface area contributed by atoms with E-state index in [1.165, 1.54) is 25.0 Å². The SMILES string of the molecule is BrCCBr.Brc1cccc2ccc(Nc3ccccc3)cc12.COC(=O)c1cc(Br)c[nH]1.COC(=O)c1cc(Br)cn1CCBr.COc1ccc(CN)c(OC)c1.COc1ccc(CN2CCn3cc(Br)cc3C2=O)c(OC)c1.Clc1ccc2cccc(Br)c2n1.Nc1ccccc1.OB(O)c1cccc2ccc(Nc3ccccc3)cc12.[H-].[Na+]. The Morgan fingerprint density at radius 1 is 0.538 bits per heavy atom. The van der Waals surface area contributed by atoms with Crippen molar-refractivity contribution in [3.8, 4) is 23.0 Å². The molecule has 20 nitrogen and oxygen atoms in total. The van der Waals surface area contributed by atoms with Gasteiger partial charge in [-0.2, -0.15) is 0 Å². The Morgan fingerprint density at radius 3 is 1.57 bits per heavy atom. The first-order chi connectivity index (χ1) is 57.0. The van der Waals surface area contributed by atoms with Gasteiger partial charge >= 0.3 is 48.6 Å². The standard InChI is InChI=1S/C16H14BNO2.C16H17BrN2O3.C16H12BrN.C9H5BrClN.C9H13NO2.C8H9Br2NO2.C6H6BrNO2.C6H7N.C2H4Br2.Na.H/c19-17(20)16-8-4-5-12-9-10-14(11-15(12)16)18-13-6-2-1-3-7-13;1-21-13-4-3-11(15(8-13)22-2)9-19-6-5-18-10-12(17)7-14(18)16(19)20;17-16-8-4-5-12-9-10-14(11-15(12)16)18-13-6-2-1-3-7-13;10-7-3-1-2-6-4-5-8(11)12-9(6)7;1-11-8-4-3-7(6-10)9(5-8)12-2;1-13-8(12)7-4-6(10)5-11(7)3-2-9;1-10-6(9)5-2-4(7)3-8-5;7-6-4-2-1-3-5-6;3-1-2-4;;/h1-11,18-20H;3-4,7-8,10H,5-6,9H2,1-2H3;1-11,18H;1-5H;3-5H,6,10H2,1-2H3;4-5H,2-3H2,1H3;2-3,8H,1H3;1-5H,7H2;1-2H2;;/q;;;;;;;;;+1;-1. The molecule has 0 bridgehead atoms. The molecule has 119 heavy (non-hydrogen) atoms. The number of aromatic amines is 1. The van der Waals surface area contributed by atoms with Crippen LogP contribution in [0.2, 0.25) is 5.15 Å². The fourth-order valence-electron chi connectivity index (χ4n) is 11.1. The average Bonchev–Trinajstić information content (AvgIpc) is 1.27. The van der Waals surface area contributed by atoms with E-state index in [0.717, 1.165) is 136 Å². The van der Waals surface area contributed by atoms with Crippen LogP contribution in [0.4, 0.5) is 28.4 Å². The number of anilines is 5. The Morgan fingerprint density at radius 2 is 1.06 bits per heavy atom. The Kier molecular flexibility index (Phi) is 45.1. The van der Waals surface area contributed by atoms with Crippen LogP contribution in [0.3, 0.4) is 0 Å². The number of nitrogens with one attached hydrogen (secondary N) is 3. The number of amides is 1. The second-order valence-corrected chi connectivity index (χ2v) is 31.9. The van der Waals surface area contributed by atoms with Gasteiger partial charge in [0.1, 0.15) is 45.2 Å². The fraction of sp³-hybridized carbons (Fsp3) is 0.159. The minimum absolute atomic E-state index is 0. The molecule has 1 aliphatic heterocycles. The Bertz CT molecular complexity index is 5480. The molecule has 1 aliphatic rings. The fourth-order valence-corrected chi connectivity index (χ4v) is 13.9. The molecule has 4 aromatic heterocycles. The number of halogens is 9. The number of para-hydroxylation sites is 4. The molecule has 14 aromatic rings. The number of rotatable bonds is 17. The van der Waals surface area contributed by atoms with Crippen molar-refractivity contribution in [3.63, 3.8) is 0 Å². The molecular weight excluding hydrogens is 2070 g/mol. The van der Waals surface area contributed by atoms with E-state index >= 15 is 0 Å². The summed E-state index contributed by atoms with van der Waals surface area (Å²) in [5.41, 5.74) is 20.9. The average molecular weight is 2160 g/mol. The second-order valence-electron chi connectivity index (χ2n) is 24.7. The maximum atomic E-state index is 12.6. The minimum Gasteiger partial charge on any atom is -1.00 e. The molecule has 0 fully saturated rings. The summed E-state index contributed by atoms with van der Waals surface area (Å²) in [4.78, 5) is 43.3. The molecule has 0 aliphatic carbocycles. The van der Waals surface area contributed by atoms with Crippen LogP contribution in [0.25, 0.3) is 32.4 Å². The molecule has 618 valence electrons. The van der Waals surface area contributed by atoms with Crippen molar-refractivity contribution in [1.82, 2.24) is 24.0 Å². The number of benzene rings is 10. The smallest absolute Gasteiger partial charge is 1.00 e. The van der Waals surface area contributed by atoms with E-state index in [0.29, 0.717) is 47.3 Å². The summed E-state index contributed by atoms with van der Waals surface area (Å²) >= 11 is 32.4. The van der Waals surface area contributed by atoms with Crippen LogP contribution in [0, 0.1) is 0 Å². The third-order valence-electron chi connectivity index (χ3n) is 16.8. The van der Waals surface area contributed by atoms with E-state index in [1.54, 1.807) is 58.9 Å². The molecule has 31 heteroatoms. The first-order valence-corrected chi connectivity index (χ1v) is 43.8. The predicted molar refractivity (Wildman–Crippen MR) is 510 cm³/mol. The van der Waals surface area contributed by atoms with Gasteiger partial charge in [-0.1, -0.05) is 191 Å². The number of carbonyl (C=O) groups excluding carboxylic acids is 3. The number of methoxy groups -OCH3 is 6. The molecule has 0 saturated heterocycles. The maximum Gasteiger partial charge on any atom is 1.00 e. The van der Waals surface area contributed by atoms with Crippen molar-refractivity contribution >= 4 is 230 Å². The second kappa shape index (κ2) is 53.7. The monoisotopic (exact) mass is 2150 g/mol. The van der Waals surface area contributed by atoms with Gasteiger partial charge in [-0.15, -0.1) is 0 Å². The van der Waals surface area contributed by atoms with Crippen LogP contribution in [0.5, 0.6) is 23.0 Å². The van der Waals surface area contributed by atoms with Crippen molar-refractivity contribution in [2.24, 2.45) is 5.73 Å². The summed E-state index contributed by atoms with van der Waals surface area (Å²) < 4.78 is 38.4. The van der Waals surface area contributed by atoms with Gasteiger partial charge in [0.15, 0.2) is 0 Å². The molecule has 5 heterocycles. The van der Waals surface area contributed by atoms with Crippen molar-refractivity contribution in [1.29, 1.82) is 0 Å². The first kappa shape index (κ1) is 99.9. The van der Waals surface area contributed by atoms with Crippen LogP contribution in [0.1, 0.15) is 44.0 Å². The molecule has 0 radical (unpaired) electrons. The number of nitrogen functional groups attached to an aromatic ring is 1. The molecule has 0 unspecified atom stereocenters. The quantitative estimate of drug-likeness (QED) is 0.0147. The first-order valence-electron chi connectivity index (χ1n) is 36.0. The normalized spacial score (nSPS) is 10.6. The zero-order valence-electron chi connectivity index (χ0n) is 67.1. The number of carbonyl (C=O) groups is 3. The van der Waals surface area contributed by atoms with Gasteiger partial charge < -0.3 is 81.0 Å². The number of aryl methyl sites for hydroxylation is 1.